The normalized spacial score (nSPS) is 15.1. The maximum Gasteiger partial charge on any atom is 0.251 e. The Morgan fingerprint density at radius 3 is 2.44 bits per heavy atom. The number of nitrogens with zero attached hydrogens (tertiary/aromatic N) is 1. The van der Waals surface area contributed by atoms with Gasteiger partial charge in [0.05, 0.1) is 27.8 Å². The molecule has 0 unspecified atom stereocenters. The zero-order valence-corrected chi connectivity index (χ0v) is 19.9. The summed E-state index contributed by atoms with van der Waals surface area (Å²) in [5.41, 5.74) is 2.18. The van der Waals surface area contributed by atoms with Crippen LogP contribution in [0.5, 0.6) is 0 Å². The Kier molecular flexibility index (Phi) is 7.22. The standard InChI is InChI=1S/C25H18Cl3N3O3/c26-16-8-5-15(6-9-16)7-12-24(33)31-21-4-2-1-3-20(21)30-25(34)22(31)14-23(32)29-17-10-11-18(27)19(28)13-17/h1-13,22H,14H2,(H,29,32)(H,30,34)/b12-7+/t22-/m1/s1. The van der Waals surface area contributed by atoms with Crippen molar-refractivity contribution in [2.24, 2.45) is 0 Å². The molecule has 0 aromatic heterocycles. The van der Waals surface area contributed by atoms with Gasteiger partial charge in [0.1, 0.15) is 6.04 Å². The summed E-state index contributed by atoms with van der Waals surface area (Å²) in [6.07, 6.45) is 2.73. The van der Waals surface area contributed by atoms with Crippen molar-refractivity contribution in [1.82, 2.24) is 0 Å². The molecule has 3 amide bonds. The second-order valence-corrected chi connectivity index (χ2v) is 8.75. The molecule has 34 heavy (non-hydrogen) atoms. The third-order valence-electron chi connectivity index (χ3n) is 5.14. The lowest BCUT2D eigenvalue weighted by atomic mass is 10.0. The number of carbonyl (C=O) groups excluding carboxylic acids is 3. The minimum absolute atomic E-state index is 0.263. The highest BCUT2D eigenvalue weighted by atomic mass is 35.5. The van der Waals surface area contributed by atoms with E-state index in [4.69, 9.17) is 34.8 Å². The first-order chi connectivity index (χ1) is 16.3. The number of fused-ring (bicyclic) bond motifs is 1. The van der Waals surface area contributed by atoms with E-state index >= 15 is 0 Å². The van der Waals surface area contributed by atoms with Crippen molar-refractivity contribution in [3.8, 4) is 0 Å². The molecule has 1 heterocycles. The molecule has 0 saturated heterocycles. The zero-order valence-electron chi connectivity index (χ0n) is 17.6. The van der Waals surface area contributed by atoms with E-state index in [0.717, 1.165) is 5.56 Å². The molecule has 0 bridgehead atoms. The van der Waals surface area contributed by atoms with Crippen LogP contribution in [0.4, 0.5) is 17.1 Å². The molecule has 1 atom stereocenters. The van der Waals surface area contributed by atoms with Crippen LogP contribution >= 0.6 is 34.8 Å². The zero-order chi connectivity index (χ0) is 24.2. The number of nitrogens with one attached hydrogen (secondary N) is 2. The number of halogens is 3. The van der Waals surface area contributed by atoms with Gasteiger partial charge >= 0.3 is 0 Å². The van der Waals surface area contributed by atoms with Gasteiger partial charge < -0.3 is 10.6 Å². The summed E-state index contributed by atoms with van der Waals surface area (Å²) in [5, 5.41) is 6.69. The topological polar surface area (TPSA) is 78.5 Å². The molecular formula is C25H18Cl3N3O3. The highest BCUT2D eigenvalue weighted by molar-refractivity contribution is 6.42. The number of para-hydroxylation sites is 2. The number of benzene rings is 3. The van der Waals surface area contributed by atoms with E-state index in [1.54, 1.807) is 66.7 Å². The molecule has 3 aromatic rings. The fraction of sp³-hybridized carbons (Fsp3) is 0.0800. The van der Waals surface area contributed by atoms with Gasteiger partial charge in [-0.1, -0.05) is 59.1 Å². The van der Waals surface area contributed by atoms with Crippen LogP contribution in [0.25, 0.3) is 6.08 Å². The second kappa shape index (κ2) is 10.3. The summed E-state index contributed by atoms with van der Waals surface area (Å²) in [5.74, 6) is -1.36. The van der Waals surface area contributed by atoms with Crippen molar-refractivity contribution >= 4 is 75.7 Å². The number of rotatable bonds is 5. The molecule has 4 rings (SSSR count). The van der Waals surface area contributed by atoms with Crippen molar-refractivity contribution in [2.75, 3.05) is 15.5 Å². The lowest BCUT2D eigenvalue weighted by Crippen LogP contribution is -2.52. The number of amides is 3. The van der Waals surface area contributed by atoms with Crippen LogP contribution in [-0.4, -0.2) is 23.8 Å². The number of hydrogen-bond acceptors (Lipinski definition) is 3. The highest BCUT2D eigenvalue weighted by Gasteiger charge is 2.37. The summed E-state index contributed by atoms with van der Waals surface area (Å²) in [4.78, 5) is 40.3. The molecule has 1 aliphatic heterocycles. The van der Waals surface area contributed by atoms with Gasteiger partial charge in [-0.05, 0) is 54.1 Å². The van der Waals surface area contributed by atoms with E-state index in [0.29, 0.717) is 27.1 Å². The molecule has 172 valence electrons. The minimum Gasteiger partial charge on any atom is -0.326 e. The number of hydrogen-bond donors (Lipinski definition) is 2. The Bertz CT molecular complexity index is 1290. The van der Waals surface area contributed by atoms with Crippen LogP contribution in [0.3, 0.4) is 0 Å². The lowest BCUT2D eigenvalue weighted by Gasteiger charge is -2.35. The van der Waals surface area contributed by atoms with E-state index in [-0.39, 0.29) is 11.4 Å². The Morgan fingerprint density at radius 1 is 0.971 bits per heavy atom. The molecule has 0 fully saturated rings. The first-order valence-electron chi connectivity index (χ1n) is 10.2. The van der Waals surface area contributed by atoms with E-state index in [1.807, 2.05) is 0 Å². The minimum atomic E-state index is -1.06. The Hall–Kier alpha value is -3.32. The van der Waals surface area contributed by atoms with Crippen LogP contribution in [0.15, 0.2) is 72.8 Å². The highest BCUT2D eigenvalue weighted by Crippen LogP contribution is 2.33. The van der Waals surface area contributed by atoms with Crippen LogP contribution in [-0.2, 0) is 14.4 Å². The van der Waals surface area contributed by atoms with Gasteiger partial charge in [0.2, 0.25) is 11.8 Å². The summed E-state index contributed by atoms with van der Waals surface area (Å²) in [6, 6.07) is 17.5. The average Bonchev–Trinajstić information content (AvgIpc) is 2.81. The quantitative estimate of drug-likeness (QED) is 0.407. The van der Waals surface area contributed by atoms with Gasteiger partial charge in [-0.2, -0.15) is 0 Å². The maximum absolute atomic E-state index is 13.2. The average molecular weight is 515 g/mol. The van der Waals surface area contributed by atoms with E-state index in [2.05, 4.69) is 10.6 Å². The summed E-state index contributed by atoms with van der Waals surface area (Å²) in [6.45, 7) is 0. The van der Waals surface area contributed by atoms with Crippen LogP contribution < -0.4 is 15.5 Å². The number of anilines is 3. The van der Waals surface area contributed by atoms with Gasteiger partial charge in [0.15, 0.2) is 0 Å². The third kappa shape index (κ3) is 5.42. The lowest BCUT2D eigenvalue weighted by molar-refractivity contribution is -0.124. The number of carbonyl (C=O) groups is 3. The molecule has 0 spiro atoms. The molecule has 0 aliphatic carbocycles. The van der Waals surface area contributed by atoms with Crippen molar-refractivity contribution in [3.63, 3.8) is 0 Å². The van der Waals surface area contributed by atoms with Gasteiger partial charge in [-0.3, -0.25) is 19.3 Å². The van der Waals surface area contributed by atoms with Gasteiger partial charge in [0.25, 0.3) is 5.91 Å². The molecule has 0 saturated carbocycles. The second-order valence-electron chi connectivity index (χ2n) is 7.50. The van der Waals surface area contributed by atoms with Gasteiger partial charge in [-0.15, -0.1) is 0 Å². The summed E-state index contributed by atoms with van der Waals surface area (Å²) in [7, 11) is 0. The fourth-order valence-corrected chi connectivity index (χ4v) is 3.95. The molecule has 0 radical (unpaired) electrons. The molecule has 2 N–H and O–H groups in total. The largest absolute Gasteiger partial charge is 0.326 e. The molecule has 6 nitrogen and oxygen atoms in total. The van der Waals surface area contributed by atoms with E-state index in [1.165, 1.54) is 17.0 Å². The van der Waals surface area contributed by atoms with E-state index < -0.39 is 23.8 Å². The first kappa shape index (κ1) is 23.8. The van der Waals surface area contributed by atoms with E-state index in [9.17, 15) is 14.4 Å². The Balaban J connectivity index is 1.59. The SMILES string of the molecule is O=C(C[C@@H]1C(=O)Nc2ccccc2N1C(=O)/C=C/c1ccc(Cl)cc1)Nc1ccc(Cl)c(Cl)c1. The van der Waals surface area contributed by atoms with Crippen molar-refractivity contribution in [1.29, 1.82) is 0 Å². The van der Waals surface area contributed by atoms with Crippen LogP contribution in [0.1, 0.15) is 12.0 Å². The van der Waals surface area contributed by atoms with Gasteiger partial charge in [0, 0.05) is 16.8 Å². The first-order valence-corrected chi connectivity index (χ1v) is 11.4. The van der Waals surface area contributed by atoms with Crippen LogP contribution in [0.2, 0.25) is 15.1 Å². The van der Waals surface area contributed by atoms with Crippen molar-refractivity contribution < 1.29 is 14.4 Å². The molecule has 9 heteroatoms. The van der Waals surface area contributed by atoms with Crippen LogP contribution in [0, 0.1) is 0 Å². The Labute approximate surface area is 211 Å². The predicted molar refractivity (Wildman–Crippen MR) is 137 cm³/mol. The fourth-order valence-electron chi connectivity index (χ4n) is 3.53. The maximum atomic E-state index is 13.2. The summed E-state index contributed by atoms with van der Waals surface area (Å²) < 4.78 is 0. The molecule has 3 aromatic carbocycles. The van der Waals surface area contributed by atoms with Crippen molar-refractivity contribution in [3.05, 3.63) is 93.4 Å². The third-order valence-corrected chi connectivity index (χ3v) is 6.13. The van der Waals surface area contributed by atoms with Crippen molar-refractivity contribution in [2.45, 2.75) is 12.5 Å². The Morgan fingerprint density at radius 2 is 1.71 bits per heavy atom. The summed E-state index contributed by atoms with van der Waals surface area (Å²) >= 11 is 17.8. The molecule has 1 aliphatic rings. The van der Waals surface area contributed by atoms with Gasteiger partial charge in [-0.25, -0.2) is 0 Å². The smallest absolute Gasteiger partial charge is 0.251 e. The monoisotopic (exact) mass is 513 g/mol. The predicted octanol–water partition coefficient (Wildman–Crippen LogP) is 6.04. The molecular weight excluding hydrogens is 497 g/mol.